The molecule has 0 spiro atoms. The molecule has 5 heteroatoms. The van der Waals surface area contributed by atoms with E-state index in [1.807, 2.05) is 24.3 Å². The van der Waals surface area contributed by atoms with Crippen LogP contribution in [0.25, 0.3) is 0 Å². The van der Waals surface area contributed by atoms with Crippen LogP contribution in [0.3, 0.4) is 0 Å². The number of rotatable bonds is 5. The van der Waals surface area contributed by atoms with E-state index in [-0.39, 0.29) is 6.04 Å². The highest BCUT2D eigenvalue weighted by Gasteiger charge is 2.09. The highest BCUT2D eigenvalue weighted by atomic mass is 79.9. The van der Waals surface area contributed by atoms with Crippen LogP contribution in [0, 0.1) is 0 Å². The molecule has 0 bridgehead atoms. The van der Waals surface area contributed by atoms with Gasteiger partial charge in [-0.25, -0.2) is 4.98 Å². The van der Waals surface area contributed by atoms with Crippen molar-refractivity contribution < 1.29 is 9.15 Å². The second kappa shape index (κ2) is 6.02. The van der Waals surface area contributed by atoms with Crippen LogP contribution >= 0.6 is 15.9 Å². The van der Waals surface area contributed by atoms with Crippen LogP contribution < -0.4 is 10.1 Å². The summed E-state index contributed by atoms with van der Waals surface area (Å²) in [7, 11) is 1.61. The van der Waals surface area contributed by atoms with Crippen LogP contribution in [0.1, 0.15) is 24.3 Å². The van der Waals surface area contributed by atoms with Gasteiger partial charge in [0.25, 0.3) is 0 Å². The molecule has 2 aromatic rings. The smallest absolute Gasteiger partial charge is 0.213 e. The number of furan rings is 1. The summed E-state index contributed by atoms with van der Waals surface area (Å²) in [5, 5.41) is 3.38. The summed E-state index contributed by atoms with van der Waals surface area (Å²) in [6.07, 6.45) is 1.74. The van der Waals surface area contributed by atoms with Crippen LogP contribution in [-0.4, -0.2) is 12.1 Å². The summed E-state index contributed by atoms with van der Waals surface area (Å²) in [5.74, 6) is 1.53. The minimum Gasteiger partial charge on any atom is -0.481 e. The number of aromatic nitrogens is 1. The third kappa shape index (κ3) is 3.34. The molecule has 0 radical (unpaired) electrons. The first-order valence-electron chi connectivity index (χ1n) is 5.66. The Balaban J connectivity index is 1.94. The van der Waals surface area contributed by atoms with Gasteiger partial charge in [0.2, 0.25) is 5.88 Å². The van der Waals surface area contributed by atoms with Crippen LogP contribution in [-0.2, 0) is 6.54 Å². The van der Waals surface area contributed by atoms with Crippen molar-refractivity contribution >= 4 is 15.9 Å². The van der Waals surface area contributed by atoms with Gasteiger partial charge in [0, 0.05) is 18.8 Å². The Morgan fingerprint density at radius 2 is 2.28 bits per heavy atom. The minimum atomic E-state index is 0.149. The number of pyridine rings is 1. The molecule has 4 nitrogen and oxygen atoms in total. The largest absolute Gasteiger partial charge is 0.481 e. The first kappa shape index (κ1) is 13.1. The molecule has 0 fully saturated rings. The van der Waals surface area contributed by atoms with Gasteiger partial charge in [-0.2, -0.15) is 0 Å². The summed E-state index contributed by atoms with van der Waals surface area (Å²) in [6, 6.07) is 7.87. The zero-order valence-corrected chi connectivity index (χ0v) is 11.9. The maximum absolute atomic E-state index is 5.50. The van der Waals surface area contributed by atoms with Gasteiger partial charge in [-0.15, -0.1) is 0 Å². The number of ether oxygens (including phenoxy) is 1. The fourth-order valence-corrected chi connectivity index (χ4v) is 1.92. The molecule has 0 saturated carbocycles. The Labute approximate surface area is 114 Å². The maximum Gasteiger partial charge on any atom is 0.213 e. The second-order valence-electron chi connectivity index (χ2n) is 3.95. The summed E-state index contributed by atoms with van der Waals surface area (Å²) in [6.45, 7) is 2.79. The molecule has 0 aliphatic heterocycles. The van der Waals surface area contributed by atoms with Crippen molar-refractivity contribution in [1.82, 2.24) is 10.3 Å². The molecule has 1 atom stereocenters. The molecule has 2 rings (SSSR count). The molecule has 2 heterocycles. The predicted molar refractivity (Wildman–Crippen MR) is 72.5 cm³/mol. The molecule has 0 aliphatic carbocycles. The lowest BCUT2D eigenvalue weighted by atomic mass is 10.2. The Kier molecular flexibility index (Phi) is 4.38. The number of nitrogens with zero attached hydrogens (tertiary/aromatic N) is 1. The Morgan fingerprint density at radius 3 is 2.94 bits per heavy atom. The fourth-order valence-electron chi connectivity index (χ4n) is 1.60. The van der Waals surface area contributed by atoms with Gasteiger partial charge in [0.1, 0.15) is 5.76 Å². The number of hydrogen-bond acceptors (Lipinski definition) is 4. The zero-order valence-electron chi connectivity index (χ0n) is 10.3. The standard InChI is InChI=1S/C13H15BrN2O2/c1-9(11-3-4-12(14)18-11)16-8-10-5-6-15-13(7-10)17-2/h3-7,9,16H,8H2,1-2H3. The Bertz CT molecular complexity index is 513. The van der Waals surface area contributed by atoms with Crippen molar-refractivity contribution in [3.05, 3.63) is 46.5 Å². The molecule has 0 aliphatic rings. The van der Waals surface area contributed by atoms with Gasteiger partial charge in [0.05, 0.1) is 13.2 Å². The monoisotopic (exact) mass is 310 g/mol. The quantitative estimate of drug-likeness (QED) is 0.920. The van der Waals surface area contributed by atoms with E-state index in [2.05, 4.69) is 33.2 Å². The minimum absolute atomic E-state index is 0.149. The first-order chi connectivity index (χ1) is 8.69. The van der Waals surface area contributed by atoms with Gasteiger partial charge >= 0.3 is 0 Å². The van der Waals surface area contributed by atoms with Gasteiger partial charge in [-0.3, -0.25) is 0 Å². The Morgan fingerprint density at radius 1 is 1.44 bits per heavy atom. The lowest BCUT2D eigenvalue weighted by molar-refractivity contribution is 0.395. The first-order valence-corrected chi connectivity index (χ1v) is 6.46. The van der Waals surface area contributed by atoms with E-state index in [4.69, 9.17) is 9.15 Å². The van der Waals surface area contributed by atoms with Crippen molar-refractivity contribution in [1.29, 1.82) is 0 Å². The number of methoxy groups -OCH3 is 1. The molecule has 18 heavy (non-hydrogen) atoms. The van der Waals surface area contributed by atoms with Gasteiger partial charge in [-0.05, 0) is 46.6 Å². The molecule has 96 valence electrons. The maximum atomic E-state index is 5.50. The predicted octanol–water partition coefficient (Wildman–Crippen LogP) is 3.30. The van der Waals surface area contributed by atoms with E-state index in [0.717, 1.165) is 22.5 Å². The average molecular weight is 311 g/mol. The summed E-state index contributed by atoms with van der Waals surface area (Å²) in [4.78, 5) is 4.07. The molecule has 1 N–H and O–H groups in total. The molecule has 2 aromatic heterocycles. The van der Waals surface area contributed by atoms with Crippen molar-refractivity contribution in [3.8, 4) is 5.88 Å². The SMILES string of the molecule is COc1cc(CNC(C)c2ccc(Br)o2)ccn1. The van der Waals surface area contributed by atoms with E-state index in [0.29, 0.717) is 5.88 Å². The van der Waals surface area contributed by atoms with E-state index in [1.165, 1.54) is 0 Å². The number of hydrogen-bond donors (Lipinski definition) is 1. The highest BCUT2D eigenvalue weighted by Crippen LogP contribution is 2.20. The topological polar surface area (TPSA) is 47.3 Å². The van der Waals surface area contributed by atoms with Gasteiger partial charge in [-0.1, -0.05) is 0 Å². The van der Waals surface area contributed by atoms with E-state index in [1.54, 1.807) is 13.3 Å². The highest BCUT2D eigenvalue weighted by molar-refractivity contribution is 9.10. The van der Waals surface area contributed by atoms with Crippen LogP contribution in [0.2, 0.25) is 0 Å². The normalized spacial score (nSPS) is 12.4. The van der Waals surface area contributed by atoms with Crippen molar-refractivity contribution in [3.63, 3.8) is 0 Å². The number of halogens is 1. The summed E-state index contributed by atoms with van der Waals surface area (Å²) >= 11 is 3.30. The molecule has 1 unspecified atom stereocenters. The van der Waals surface area contributed by atoms with Crippen molar-refractivity contribution in [2.24, 2.45) is 0 Å². The second-order valence-corrected chi connectivity index (χ2v) is 4.73. The third-order valence-corrected chi connectivity index (χ3v) is 3.07. The van der Waals surface area contributed by atoms with Gasteiger partial charge in [0.15, 0.2) is 4.67 Å². The van der Waals surface area contributed by atoms with Crippen molar-refractivity contribution in [2.45, 2.75) is 19.5 Å². The van der Waals surface area contributed by atoms with Crippen LogP contribution in [0.4, 0.5) is 0 Å². The molecule has 0 amide bonds. The summed E-state index contributed by atoms with van der Waals surface area (Å²) in [5.41, 5.74) is 1.12. The lowest BCUT2D eigenvalue weighted by Gasteiger charge is -2.11. The Hall–Kier alpha value is -1.33. The van der Waals surface area contributed by atoms with Crippen LogP contribution in [0.5, 0.6) is 5.88 Å². The lowest BCUT2D eigenvalue weighted by Crippen LogP contribution is -2.17. The molecule has 0 saturated heterocycles. The van der Waals surface area contributed by atoms with E-state index in [9.17, 15) is 0 Å². The zero-order chi connectivity index (χ0) is 13.0. The third-order valence-electron chi connectivity index (χ3n) is 2.64. The van der Waals surface area contributed by atoms with Crippen molar-refractivity contribution in [2.75, 3.05) is 7.11 Å². The molecular weight excluding hydrogens is 296 g/mol. The average Bonchev–Trinajstić information content (AvgIpc) is 2.83. The summed E-state index contributed by atoms with van der Waals surface area (Å²) < 4.78 is 11.3. The van der Waals surface area contributed by atoms with E-state index >= 15 is 0 Å². The van der Waals surface area contributed by atoms with Gasteiger partial charge < -0.3 is 14.5 Å². The molecular formula is C13H15BrN2O2. The van der Waals surface area contributed by atoms with Crippen LogP contribution in [0.15, 0.2) is 39.5 Å². The molecule has 0 aromatic carbocycles. The van der Waals surface area contributed by atoms with E-state index < -0.39 is 0 Å². The number of nitrogens with one attached hydrogen (secondary N) is 1. The fraction of sp³-hybridized carbons (Fsp3) is 0.308.